The van der Waals surface area contributed by atoms with E-state index in [0.717, 1.165) is 17.0 Å². The number of benzene rings is 1. The quantitative estimate of drug-likeness (QED) is 0.858. The first-order valence-electron chi connectivity index (χ1n) is 6.15. The summed E-state index contributed by atoms with van der Waals surface area (Å²) in [7, 11) is 0. The van der Waals surface area contributed by atoms with Gasteiger partial charge in [0.25, 0.3) is 0 Å². The molecule has 1 aromatic heterocycles. The van der Waals surface area contributed by atoms with Crippen molar-refractivity contribution < 1.29 is 9.18 Å². The third-order valence-corrected chi connectivity index (χ3v) is 4.04. The zero-order valence-electron chi connectivity index (χ0n) is 11.0. The summed E-state index contributed by atoms with van der Waals surface area (Å²) in [5.74, 6) is -0.0220. The van der Waals surface area contributed by atoms with Crippen LogP contribution in [0, 0.1) is 12.7 Å². The highest BCUT2D eigenvalue weighted by atomic mass is 35.5. The van der Waals surface area contributed by atoms with Crippen molar-refractivity contribution in [2.75, 3.05) is 11.2 Å². The summed E-state index contributed by atoms with van der Waals surface area (Å²) in [5.41, 5.74) is 1.52. The molecule has 1 heterocycles. The van der Waals surface area contributed by atoms with Gasteiger partial charge in [-0.25, -0.2) is 9.37 Å². The number of nitrogens with one attached hydrogen (secondary N) is 1. The number of carbonyl (C=O) groups excluding carboxylic acids is 1. The fraction of sp³-hybridized carbons (Fsp3) is 0.286. The van der Waals surface area contributed by atoms with Gasteiger partial charge in [0.05, 0.1) is 12.1 Å². The third-order valence-electron chi connectivity index (χ3n) is 2.71. The standard InChI is InChI=1S/C14H14ClFN2OS/c1-9-12(5-6-15)20-14(17-9)18-13(19)8-10-3-2-4-11(16)7-10/h2-4,7H,5-6,8H2,1H3,(H,17,18,19). The van der Waals surface area contributed by atoms with Gasteiger partial charge in [-0.15, -0.1) is 22.9 Å². The fourth-order valence-corrected chi connectivity index (χ4v) is 3.07. The maximum Gasteiger partial charge on any atom is 0.230 e. The summed E-state index contributed by atoms with van der Waals surface area (Å²) in [6.45, 7) is 1.89. The number of anilines is 1. The van der Waals surface area contributed by atoms with Crippen LogP contribution in [0.1, 0.15) is 16.1 Å². The molecule has 1 N–H and O–H groups in total. The summed E-state index contributed by atoms with van der Waals surface area (Å²) in [4.78, 5) is 17.2. The first-order valence-corrected chi connectivity index (χ1v) is 7.50. The Labute approximate surface area is 125 Å². The molecule has 0 saturated heterocycles. The van der Waals surface area contributed by atoms with E-state index < -0.39 is 0 Å². The molecule has 20 heavy (non-hydrogen) atoms. The Morgan fingerprint density at radius 3 is 3.00 bits per heavy atom. The van der Waals surface area contributed by atoms with Crippen LogP contribution in [-0.2, 0) is 17.6 Å². The van der Waals surface area contributed by atoms with E-state index in [9.17, 15) is 9.18 Å². The molecule has 2 aromatic rings. The topological polar surface area (TPSA) is 42.0 Å². The average Bonchev–Trinajstić information content (AvgIpc) is 2.70. The molecule has 0 fully saturated rings. The normalized spacial score (nSPS) is 10.6. The number of hydrogen-bond donors (Lipinski definition) is 1. The molecule has 6 heteroatoms. The maximum absolute atomic E-state index is 13.0. The van der Waals surface area contributed by atoms with Gasteiger partial charge in [0, 0.05) is 10.8 Å². The van der Waals surface area contributed by atoms with Gasteiger partial charge in [-0.3, -0.25) is 4.79 Å². The Morgan fingerprint density at radius 2 is 2.30 bits per heavy atom. The molecule has 3 nitrogen and oxygen atoms in total. The molecule has 0 saturated carbocycles. The second-order valence-electron chi connectivity index (χ2n) is 4.32. The number of amides is 1. The number of aromatic nitrogens is 1. The predicted molar refractivity (Wildman–Crippen MR) is 80.0 cm³/mol. The second kappa shape index (κ2) is 6.81. The molecule has 0 aliphatic rings. The molecule has 0 bridgehead atoms. The molecule has 0 atom stereocenters. The van der Waals surface area contributed by atoms with Gasteiger partial charge >= 0.3 is 0 Å². The smallest absolute Gasteiger partial charge is 0.230 e. The molecule has 1 aromatic carbocycles. The Kier molecular flexibility index (Phi) is 5.09. The third kappa shape index (κ3) is 4.02. The van der Waals surface area contributed by atoms with Crippen molar-refractivity contribution in [1.29, 1.82) is 0 Å². The van der Waals surface area contributed by atoms with Gasteiger partial charge in [0.2, 0.25) is 5.91 Å². The molecule has 0 spiro atoms. The number of thiazole rings is 1. The maximum atomic E-state index is 13.0. The zero-order valence-corrected chi connectivity index (χ0v) is 12.5. The zero-order chi connectivity index (χ0) is 14.5. The largest absolute Gasteiger partial charge is 0.302 e. The molecule has 106 valence electrons. The van der Waals surface area contributed by atoms with Crippen molar-refractivity contribution in [2.24, 2.45) is 0 Å². The first kappa shape index (κ1) is 14.9. The number of hydrogen-bond acceptors (Lipinski definition) is 3. The lowest BCUT2D eigenvalue weighted by atomic mass is 10.1. The number of alkyl halides is 1. The van der Waals surface area contributed by atoms with Crippen LogP contribution in [0.15, 0.2) is 24.3 Å². The van der Waals surface area contributed by atoms with Gasteiger partial charge in [-0.05, 0) is 31.0 Å². The lowest BCUT2D eigenvalue weighted by Gasteiger charge is -2.02. The SMILES string of the molecule is Cc1nc(NC(=O)Cc2cccc(F)c2)sc1CCCl. The van der Waals surface area contributed by atoms with Gasteiger partial charge in [-0.2, -0.15) is 0 Å². The molecule has 0 radical (unpaired) electrons. The number of nitrogens with zero attached hydrogens (tertiary/aromatic N) is 1. The van der Waals surface area contributed by atoms with Crippen molar-refractivity contribution in [2.45, 2.75) is 19.8 Å². The summed E-state index contributed by atoms with van der Waals surface area (Å²) >= 11 is 7.13. The highest BCUT2D eigenvalue weighted by Crippen LogP contribution is 2.23. The van der Waals surface area contributed by atoms with Crippen molar-refractivity contribution in [3.63, 3.8) is 0 Å². The number of carbonyl (C=O) groups is 1. The molecule has 2 rings (SSSR count). The van der Waals surface area contributed by atoms with E-state index in [1.54, 1.807) is 12.1 Å². The van der Waals surface area contributed by atoms with Crippen molar-refractivity contribution in [1.82, 2.24) is 4.98 Å². The minimum absolute atomic E-state index is 0.126. The van der Waals surface area contributed by atoms with Gasteiger partial charge < -0.3 is 5.32 Å². The van der Waals surface area contributed by atoms with Crippen LogP contribution in [0.5, 0.6) is 0 Å². The Morgan fingerprint density at radius 1 is 1.50 bits per heavy atom. The number of halogens is 2. The molecular formula is C14H14ClFN2OS. The molecule has 0 aliphatic carbocycles. The van der Waals surface area contributed by atoms with Crippen LogP contribution in [0.25, 0.3) is 0 Å². The van der Waals surface area contributed by atoms with E-state index in [-0.39, 0.29) is 18.1 Å². The number of aryl methyl sites for hydroxylation is 2. The van der Waals surface area contributed by atoms with E-state index in [4.69, 9.17) is 11.6 Å². The molecule has 0 aliphatic heterocycles. The van der Waals surface area contributed by atoms with Crippen molar-refractivity contribution in [3.05, 3.63) is 46.2 Å². The van der Waals surface area contributed by atoms with Crippen LogP contribution in [-0.4, -0.2) is 16.8 Å². The van der Waals surface area contributed by atoms with Crippen LogP contribution < -0.4 is 5.32 Å². The highest BCUT2D eigenvalue weighted by Gasteiger charge is 2.10. The predicted octanol–water partition coefficient (Wildman–Crippen LogP) is 3.55. The van der Waals surface area contributed by atoms with Crippen molar-refractivity contribution >= 4 is 34.0 Å². The first-order chi connectivity index (χ1) is 9.58. The van der Waals surface area contributed by atoms with E-state index in [0.29, 0.717) is 16.6 Å². The van der Waals surface area contributed by atoms with Crippen LogP contribution in [0.2, 0.25) is 0 Å². The minimum Gasteiger partial charge on any atom is -0.302 e. The summed E-state index contributed by atoms with van der Waals surface area (Å²) in [5, 5.41) is 3.29. The van der Waals surface area contributed by atoms with E-state index >= 15 is 0 Å². The minimum atomic E-state index is -0.343. The lowest BCUT2D eigenvalue weighted by Crippen LogP contribution is -2.14. The van der Waals surface area contributed by atoms with Crippen LogP contribution in [0.3, 0.4) is 0 Å². The fourth-order valence-electron chi connectivity index (χ4n) is 1.80. The Hall–Kier alpha value is -1.46. The van der Waals surface area contributed by atoms with E-state index in [1.165, 1.54) is 23.5 Å². The van der Waals surface area contributed by atoms with Crippen LogP contribution in [0.4, 0.5) is 9.52 Å². The summed E-state index contributed by atoms with van der Waals surface area (Å²) in [6, 6.07) is 6.01. The molecular weight excluding hydrogens is 299 g/mol. The summed E-state index contributed by atoms with van der Waals surface area (Å²) < 4.78 is 13.0. The van der Waals surface area contributed by atoms with Crippen LogP contribution >= 0.6 is 22.9 Å². The Balaban J connectivity index is 1.99. The van der Waals surface area contributed by atoms with Gasteiger partial charge in [0.15, 0.2) is 5.13 Å². The molecule has 0 unspecified atom stereocenters. The van der Waals surface area contributed by atoms with Gasteiger partial charge in [0.1, 0.15) is 5.82 Å². The second-order valence-corrected chi connectivity index (χ2v) is 5.78. The van der Waals surface area contributed by atoms with Crippen molar-refractivity contribution in [3.8, 4) is 0 Å². The summed E-state index contributed by atoms with van der Waals surface area (Å²) in [6.07, 6.45) is 0.867. The average molecular weight is 313 g/mol. The lowest BCUT2D eigenvalue weighted by molar-refractivity contribution is -0.115. The van der Waals surface area contributed by atoms with E-state index in [1.807, 2.05) is 6.92 Å². The van der Waals surface area contributed by atoms with Gasteiger partial charge in [-0.1, -0.05) is 12.1 Å². The molecule has 1 amide bonds. The Bertz CT molecular complexity index is 615. The monoisotopic (exact) mass is 312 g/mol. The highest BCUT2D eigenvalue weighted by molar-refractivity contribution is 7.15. The number of rotatable bonds is 5. The van der Waals surface area contributed by atoms with E-state index in [2.05, 4.69) is 10.3 Å².